The Morgan fingerprint density at radius 3 is 2.17 bits per heavy atom. The first-order valence-electron chi connectivity index (χ1n) is 9.98. The van der Waals surface area contributed by atoms with Gasteiger partial charge < -0.3 is 14.6 Å². The largest absolute Gasteiger partial charge is 0.480 e. The van der Waals surface area contributed by atoms with Gasteiger partial charge >= 0.3 is 12.1 Å². The number of carbonyl (C=O) groups excluding carboxylic acids is 1. The summed E-state index contributed by atoms with van der Waals surface area (Å²) in [5.74, 6) is -1.16. The Morgan fingerprint density at radius 1 is 1.07 bits per heavy atom. The van der Waals surface area contributed by atoms with Crippen molar-refractivity contribution in [3.63, 3.8) is 0 Å². The molecule has 6 heteroatoms. The van der Waals surface area contributed by atoms with E-state index in [0.717, 1.165) is 46.4 Å². The fraction of sp³-hybridized carbons (Fsp3) is 0.391. The van der Waals surface area contributed by atoms with Crippen LogP contribution in [0.15, 0.2) is 48.5 Å². The molecule has 0 saturated heterocycles. The Bertz CT molecular complexity index is 862. The van der Waals surface area contributed by atoms with Crippen molar-refractivity contribution in [3.8, 4) is 11.1 Å². The van der Waals surface area contributed by atoms with Gasteiger partial charge in [0.05, 0.1) is 12.7 Å². The van der Waals surface area contributed by atoms with Gasteiger partial charge in [-0.3, -0.25) is 4.90 Å². The van der Waals surface area contributed by atoms with Gasteiger partial charge in [-0.15, -0.1) is 0 Å². The summed E-state index contributed by atoms with van der Waals surface area (Å²) in [5, 5.41) is 9.51. The Balaban J connectivity index is 1.42. The van der Waals surface area contributed by atoms with E-state index in [2.05, 4.69) is 12.1 Å². The van der Waals surface area contributed by atoms with Gasteiger partial charge in [-0.25, -0.2) is 9.59 Å². The quantitative estimate of drug-likeness (QED) is 0.770. The number of nitrogens with zero attached hydrogens (tertiary/aromatic N) is 1. The Morgan fingerprint density at radius 2 is 1.66 bits per heavy atom. The van der Waals surface area contributed by atoms with Crippen LogP contribution in [0.5, 0.6) is 0 Å². The topological polar surface area (TPSA) is 76.1 Å². The van der Waals surface area contributed by atoms with E-state index in [1.54, 1.807) is 0 Å². The molecule has 2 aliphatic rings. The maximum atomic E-state index is 12.6. The van der Waals surface area contributed by atoms with Crippen molar-refractivity contribution in [2.75, 3.05) is 20.3 Å². The van der Waals surface area contributed by atoms with Crippen LogP contribution >= 0.6 is 0 Å². The number of likely N-dealkylation sites (N-methyl/N-ethyl adjacent to an activating group) is 1. The van der Waals surface area contributed by atoms with Gasteiger partial charge in [0.1, 0.15) is 6.61 Å². The molecule has 0 spiro atoms. The standard InChI is InChI=1S/C23H25NO5/c1-24(21(22(25)26)14-28-15-7-6-8-15)23(27)29-13-20-18-11-4-2-9-16(18)17-10-3-5-12-19(17)20/h2-5,9-12,15,20-21H,6-8,13-14H2,1H3,(H,25,26). The summed E-state index contributed by atoms with van der Waals surface area (Å²) in [6.45, 7) is 0.133. The van der Waals surface area contributed by atoms with E-state index in [1.165, 1.54) is 7.05 Å². The molecule has 2 aliphatic carbocycles. The van der Waals surface area contributed by atoms with Gasteiger partial charge in [0.15, 0.2) is 6.04 Å². The van der Waals surface area contributed by atoms with Gasteiger partial charge in [-0.2, -0.15) is 0 Å². The second-order valence-corrected chi connectivity index (χ2v) is 7.66. The molecular formula is C23H25NO5. The molecular weight excluding hydrogens is 370 g/mol. The van der Waals surface area contributed by atoms with Gasteiger partial charge in [-0.05, 0) is 41.5 Å². The minimum absolute atomic E-state index is 0.0271. The van der Waals surface area contributed by atoms with Crippen LogP contribution in [0.25, 0.3) is 11.1 Å². The van der Waals surface area contributed by atoms with E-state index in [9.17, 15) is 14.7 Å². The highest BCUT2D eigenvalue weighted by molar-refractivity contribution is 5.81. The van der Waals surface area contributed by atoms with Crippen molar-refractivity contribution in [2.45, 2.75) is 37.3 Å². The molecule has 0 heterocycles. The van der Waals surface area contributed by atoms with Gasteiger partial charge in [-0.1, -0.05) is 48.5 Å². The zero-order valence-electron chi connectivity index (χ0n) is 16.4. The Kier molecular flexibility index (Phi) is 5.53. The average Bonchev–Trinajstić information content (AvgIpc) is 3.01. The molecule has 29 heavy (non-hydrogen) atoms. The van der Waals surface area contributed by atoms with Crippen molar-refractivity contribution in [2.24, 2.45) is 0 Å². The third-order valence-electron chi connectivity index (χ3n) is 5.92. The van der Waals surface area contributed by atoms with Crippen molar-refractivity contribution in [1.29, 1.82) is 0 Å². The summed E-state index contributed by atoms with van der Waals surface area (Å²) < 4.78 is 11.2. The van der Waals surface area contributed by atoms with E-state index in [4.69, 9.17) is 9.47 Å². The predicted octanol–water partition coefficient (Wildman–Crippen LogP) is 3.89. The van der Waals surface area contributed by atoms with E-state index < -0.39 is 18.1 Å². The molecule has 1 amide bonds. The summed E-state index contributed by atoms with van der Waals surface area (Å²) in [4.78, 5) is 25.3. The molecule has 6 nitrogen and oxygen atoms in total. The smallest absolute Gasteiger partial charge is 0.410 e. The van der Waals surface area contributed by atoms with Gasteiger partial charge in [0.2, 0.25) is 0 Å². The van der Waals surface area contributed by atoms with Gasteiger partial charge in [0, 0.05) is 13.0 Å². The monoisotopic (exact) mass is 395 g/mol. The maximum Gasteiger partial charge on any atom is 0.410 e. The molecule has 0 aliphatic heterocycles. The lowest BCUT2D eigenvalue weighted by Gasteiger charge is -2.30. The molecule has 2 aromatic carbocycles. The SMILES string of the molecule is CN(C(=O)OCC1c2ccccc2-c2ccccc21)C(COC1CCC1)C(=O)O. The van der Waals surface area contributed by atoms with Crippen LogP contribution in [0.3, 0.4) is 0 Å². The summed E-state index contributed by atoms with van der Waals surface area (Å²) in [6.07, 6.45) is 2.44. The number of hydrogen-bond donors (Lipinski definition) is 1. The van der Waals surface area contributed by atoms with Crippen molar-refractivity contribution >= 4 is 12.1 Å². The molecule has 2 aromatic rings. The average molecular weight is 395 g/mol. The number of aliphatic carboxylic acids is 1. The first kappa shape index (κ1) is 19.5. The zero-order valence-corrected chi connectivity index (χ0v) is 16.4. The summed E-state index contributed by atoms with van der Waals surface area (Å²) >= 11 is 0. The van der Waals surface area contributed by atoms with Crippen LogP contribution in [0.4, 0.5) is 4.79 Å². The normalized spacial score (nSPS) is 16.4. The zero-order chi connectivity index (χ0) is 20.4. The van der Waals surface area contributed by atoms with Crippen molar-refractivity contribution < 1.29 is 24.2 Å². The number of carbonyl (C=O) groups is 2. The summed E-state index contributed by atoms with van der Waals surface area (Å²) in [6, 6.07) is 15.1. The maximum absolute atomic E-state index is 12.6. The third-order valence-corrected chi connectivity index (χ3v) is 5.92. The highest BCUT2D eigenvalue weighted by Crippen LogP contribution is 2.44. The number of ether oxygens (including phenoxy) is 2. The number of rotatable bonds is 7. The summed E-state index contributed by atoms with van der Waals surface area (Å²) in [5.41, 5.74) is 4.53. The van der Waals surface area contributed by atoms with Crippen LogP contribution in [-0.2, 0) is 14.3 Å². The van der Waals surface area contributed by atoms with Crippen LogP contribution in [0.2, 0.25) is 0 Å². The van der Waals surface area contributed by atoms with E-state index >= 15 is 0 Å². The van der Waals surface area contributed by atoms with Crippen LogP contribution in [0.1, 0.15) is 36.3 Å². The predicted molar refractivity (Wildman–Crippen MR) is 108 cm³/mol. The fourth-order valence-corrected chi connectivity index (χ4v) is 3.94. The Hall–Kier alpha value is -2.86. The Labute approximate surface area is 170 Å². The summed E-state index contributed by atoms with van der Waals surface area (Å²) in [7, 11) is 1.45. The van der Waals surface area contributed by atoms with Crippen molar-refractivity contribution in [1.82, 2.24) is 4.90 Å². The molecule has 1 fully saturated rings. The second kappa shape index (κ2) is 8.25. The van der Waals surface area contributed by atoms with Crippen molar-refractivity contribution in [3.05, 3.63) is 59.7 Å². The molecule has 4 rings (SSSR count). The van der Waals surface area contributed by atoms with E-state index in [-0.39, 0.29) is 25.2 Å². The lowest BCUT2D eigenvalue weighted by molar-refractivity contribution is -0.146. The third kappa shape index (κ3) is 3.85. The number of benzene rings is 2. The second-order valence-electron chi connectivity index (χ2n) is 7.66. The minimum Gasteiger partial charge on any atom is -0.480 e. The van der Waals surface area contributed by atoms with Crippen LogP contribution < -0.4 is 0 Å². The van der Waals surface area contributed by atoms with Crippen LogP contribution in [-0.4, -0.2) is 54.5 Å². The van der Waals surface area contributed by atoms with Crippen LogP contribution in [0, 0.1) is 0 Å². The number of carboxylic acids is 1. The molecule has 1 saturated carbocycles. The first-order valence-corrected chi connectivity index (χ1v) is 9.98. The molecule has 152 valence electrons. The highest BCUT2D eigenvalue weighted by Gasteiger charge is 2.33. The number of hydrogen-bond acceptors (Lipinski definition) is 4. The minimum atomic E-state index is -1.10. The number of fused-ring (bicyclic) bond motifs is 3. The number of amides is 1. The molecule has 1 atom stereocenters. The molecule has 1 N–H and O–H groups in total. The lowest BCUT2D eigenvalue weighted by Crippen LogP contribution is -2.46. The molecule has 0 bridgehead atoms. The number of carboxylic acid groups (broad SMARTS) is 1. The molecule has 1 unspecified atom stereocenters. The van der Waals surface area contributed by atoms with Gasteiger partial charge in [0.25, 0.3) is 0 Å². The van der Waals surface area contributed by atoms with E-state index in [1.807, 2.05) is 36.4 Å². The molecule has 0 radical (unpaired) electrons. The van der Waals surface area contributed by atoms with E-state index in [0.29, 0.717) is 0 Å². The molecule has 0 aromatic heterocycles. The first-order chi connectivity index (χ1) is 14.1. The fourth-order valence-electron chi connectivity index (χ4n) is 3.94. The lowest BCUT2D eigenvalue weighted by atomic mass is 9.96. The highest BCUT2D eigenvalue weighted by atomic mass is 16.6.